The Morgan fingerprint density at radius 2 is 1.36 bits per heavy atom. The largest absolute Gasteiger partial charge is 0.378 e. The van der Waals surface area contributed by atoms with Crippen molar-refractivity contribution in [1.29, 1.82) is 0 Å². The molecule has 0 heterocycles. The van der Waals surface area contributed by atoms with Gasteiger partial charge in [0.1, 0.15) is 0 Å². The summed E-state index contributed by atoms with van der Waals surface area (Å²) in [5, 5.41) is 9.56. The molecule has 0 bridgehead atoms. The first kappa shape index (κ1) is 24.3. The Hall–Kier alpha value is -0.730. The second-order valence-corrected chi connectivity index (χ2v) is 6.30. The van der Waals surface area contributed by atoms with E-state index in [0.29, 0.717) is 52.2 Å². The van der Waals surface area contributed by atoms with Gasteiger partial charge in [0.05, 0.1) is 39.6 Å². The minimum Gasteiger partial charge on any atom is -0.378 e. The predicted molar refractivity (Wildman–Crippen MR) is 101 cm³/mol. The van der Waals surface area contributed by atoms with Crippen LogP contribution in [0.1, 0.15) is 34.1 Å². The van der Waals surface area contributed by atoms with E-state index in [2.05, 4.69) is 29.8 Å². The Labute approximate surface area is 153 Å². The molecule has 1 atom stereocenters. The molecule has 150 valence electrons. The summed E-state index contributed by atoms with van der Waals surface area (Å²) in [5.41, 5.74) is 0. The van der Waals surface area contributed by atoms with Gasteiger partial charge in [-0.25, -0.2) is 0 Å². The van der Waals surface area contributed by atoms with E-state index in [-0.39, 0.29) is 11.8 Å². The van der Waals surface area contributed by atoms with Gasteiger partial charge in [-0.05, 0) is 13.3 Å². The van der Waals surface area contributed by atoms with Crippen LogP contribution in [0.25, 0.3) is 0 Å². The lowest BCUT2D eigenvalue weighted by Crippen LogP contribution is -2.34. The molecule has 3 N–H and O–H groups in total. The zero-order valence-electron chi connectivity index (χ0n) is 16.6. The molecule has 0 fully saturated rings. The molecule has 0 aromatic carbocycles. The van der Waals surface area contributed by atoms with Crippen LogP contribution in [0.3, 0.4) is 0 Å². The van der Waals surface area contributed by atoms with Crippen LogP contribution in [0, 0.1) is 5.92 Å². The Bertz CT molecular complexity index is 304. The van der Waals surface area contributed by atoms with E-state index in [1.54, 1.807) is 0 Å². The minimum atomic E-state index is 0.0138. The van der Waals surface area contributed by atoms with Crippen LogP contribution in [0.15, 0.2) is 0 Å². The number of hydrogen-bond acceptors (Lipinski definition) is 6. The zero-order valence-corrected chi connectivity index (χ0v) is 16.6. The van der Waals surface area contributed by atoms with Crippen molar-refractivity contribution in [3.05, 3.63) is 0 Å². The van der Waals surface area contributed by atoms with Crippen molar-refractivity contribution in [2.45, 2.75) is 40.2 Å². The van der Waals surface area contributed by atoms with E-state index in [9.17, 15) is 4.79 Å². The SMILES string of the molecule is CCC(C)NCCNCCOCCOCCOCCNC(=O)C(C)C. The van der Waals surface area contributed by atoms with Crippen molar-refractivity contribution < 1.29 is 19.0 Å². The highest BCUT2D eigenvalue weighted by molar-refractivity contribution is 5.77. The lowest BCUT2D eigenvalue weighted by Gasteiger charge is -2.11. The first-order chi connectivity index (χ1) is 12.1. The van der Waals surface area contributed by atoms with E-state index in [1.807, 2.05) is 13.8 Å². The predicted octanol–water partition coefficient (Wildman–Crippen LogP) is 0.786. The summed E-state index contributed by atoms with van der Waals surface area (Å²) >= 11 is 0. The molecule has 7 nitrogen and oxygen atoms in total. The Morgan fingerprint density at radius 1 is 0.800 bits per heavy atom. The van der Waals surface area contributed by atoms with Crippen LogP contribution >= 0.6 is 0 Å². The third-order valence-corrected chi connectivity index (χ3v) is 3.64. The van der Waals surface area contributed by atoms with E-state index < -0.39 is 0 Å². The first-order valence-electron chi connectivity index (χ1n) is 9.53. The van der Waals surface area contributed by atoms with Gasteiger partial charge >= 0.3 is 0 Å². The van der Waals surface area contributed by atoms with Gasteiger partial charge in [0.2, 0.25) is 5.91 Å². The Kier molecular flexibility index (Phi) is 17.5. The maximum Gasteiger partial charge on any atom is 0.222 e. The maximum absolute atomic E-state index is 11.3. The fourth-order valence-corrected chi connectivity index (χ4v) is 1.81. The molecule has 0 saturated heterocycles. The molecule has 0 aliphatic heterocycles. The van der Waals surface area contributed by atoms with Crippen molar-refractivity contribution in [2.75, 3.05) is 65.8 Å². The van der Waals surface area contributed by atoms with Crippen molar-refractivity contribution in [3.63, 3.8) is 0 Å². The number of ether oxygens (including phenoxy) is 3. The summed E-state index contributed by atoms with van der Waals surface area (Å²) in [6, 6.07) is 0.581. The number of rotatable bonds is 18. The Balaban J connectivity index is 3.09. The fourth-order valence-electron chi connectivity index (χ4n) is 1.81. The summed E-state index contributed by atoms with van der Waals surface area (Å²) in [6.07, 6.45) is 1.16. The molecule has 0 rings (SSSR count). The smallest absolute Gasteiger partial charge is 0.222 e. The van der Waals surface area contributed by atoms with Crippen LogP contribution in [0.2, 0.25) is 0 Å². The highest BCUT2D eigenvalue weighted by atomic mass is 16.5. The molecule has 0 radical (unpaired) electrons. The minimum absolute atomic E-state index is 0.0138. The summed E-state index contributed by atoms with van der Waals surface area (Å²) in [5.74, 6) is 0.0678. The van der Waals surface area contributed by atoms with Gasteiger partial charge < -0.3 is 30.2 Å². The molecule has 0 spiro atoms. The molecule has 1 amide bonds. The third kappa shape index (κ3) is 17.9. The zero-order chi connectivity index (χ0) is 18.8. The van der Waals surface area contributed by atoms with Gasteiger partial charge in [0.25, 0.3) is 0 Å². The Morgan fingerprint density at radius 3 is 1.92 bits per heavy atom. The van der Waals surface area contributed by atoms with Crippen molar-refractivity contribution in [3.8, 4) is 0 Å². The topological polar surface area (TPSA) is 80.8 Å². The third-order valence-electron chi connectivity index (χ3n) is 3.64. The van der Waals surface area contributed by atoms with E-state index in [1.165, 1.54) is 0 Å². The number of hydrogen-bond donors (Lipinski definition) is 3. The highest BCUT2D eigenvalue weighted by Gasteiger charge is 2.04. The summed E-state index contributed by atoms with van der Waals surface area (Å²) in [7, 11) is 0. The van der Waals surface area contributed by atoms with Gasteiger partial charge in [0.15, 0.2) is 0 Å². The average Bonchev–Trinajstić information content (AvgIpc) is 2.60. The van der Waals surface area contributed by atoms with Crippen LogP contribution in [0.4, 0.5) is 0 Å². The number of carbonyl (C=O) groups excluding carboxylic acids is 1. The molecule has 1 unspecified atom stereocenters. The summed E-state index contributed by atoms with van der Waals surface area (Å²) < 4.78 is 16.3. The highest BCUT2D eigenvalue weighted by Crippen LogP contribution is 1.89. The molecule has 25 heavy (non-hydrogen) atoms. The second-order valence-electron chi connectivity index (χ2n) is 6.30. The monoisotopic (exact) mass is 361 g/mol. The van der Waals surface area contributed by atoms with Crippen LogP contribution < -0.4 is 16.0 Å². The number of carbonyl (C=O) groups is 1. The average molecular weight is 362 g/mol. The van der Waals surface area contributed by atoms with E-state index >= 15 is 0 Å². The molecular formula is C18H39N3O4. The van der Waals surface area contributed by atoms with E-state index in [0.717, 1.165) is 26.1 Å². The molecular weight excluding hydrogens is 322 g/mol. The van der Waals surface area contributed by atoms with Gasteiger partial charge in [-0.15, -0.1) is 0 Å². The van der Waals surface area contributed by atoms with E-state index in [4.69, 9.17) is 14.2 Å². The normalized spacial score (nSPS) is 12.5. The molecule has 0 saturated carbocycles. The molecule has 0 aromatic rings. The molecule has 0 aliphatic carbocycles. The molecule has 0 aromatic heterocycles. The number of nitrogens with one attached hydrogen (secondary N) is 3. The standard InChI is InChI=1S/C18H39N3O4/c1-5-17(4)20-7-6-19-8-10-23-12-14-25-15-13-24-11-9-21-18(22)16(2)3/h16-17,19-20H,5-15H2,1-4H3,(H,21,22). The van der Waals surface area contributed by atoms with Crippen LogP contribution in [-0.4, -0.2) is 77.8 Å². The number of amides is 1. The van der Waals surface area contributed by atoms with Crippen LogP contribution in [0.5, 0.6) is 0 Å². The van der Waals surface area contributed by atoms with Crippen LogP contribution in [-0.2, 0) is 19.0 Å². The first-order valence-corrected chi connectivity index (χ1v) is 9.53. The van der Waals surface area contributed by atoms with Gasteiger partial charge in [-0.1, -0.05) is 20.8 Å². The van der Waals surface area contributed by atoms with Crippen molar-refractivity contribution in [2.24, 2.45) is 5.92 Å². The quantitative estimate of drug-likeness (QED) is 0.313. The summed E-state index contributed by atoms with van der Waals surface area (Å²) in [4.78, 5) is 11.3. The van der Waals surface area contributed by atoms with Crippen molar-refractivity contribution >= 4 is 5.91 Å². The lowest BCUT2D eigenvalue weighted by atomic mass is 10.2. The maximum atomic E-state index is 11.3. The van der Waals surface area contributed by atoms with Gasteiger partial charge in [-0.3, -0.25) is 4.79 Å². The van der Waals surface area contributed by atoms with Gasteiger partial charge in [-0.2, -0.15) is 0 Å². The summed E-state index contributed by atoms with van der Waals surface area (Å²) in [6.45, 7) is 14.9. The fraction of sp³-hybridized carbons (Fsp3) is 0.944. The van der Waals surface area contributed by atoms with Crippen molar-refractivity contribution in [1.82, 2.24) is 16.0 Å². The lowest BCUT2D eigenvalue weighted by molar-refractivity contribution is -0.124. The molecule has 0 aliphatic rings. The molecule has 7 heteroatoms. The van der Waals surface area contributed by atoms with Gasteiger partial charge in [0, 0.05) is 38.1 Å². The second kappa shape index (κ2) is 18.1.